The van der Waals surface area contributed by atoms with Gasteiger partial charge in [0.15, 0.2) is 0 Å². The minimum Gasteiger partial charge on any atom is -0.319 e. The fraction of sp³-hybridized carbons (Fsp3) is 0.235. The van der Waals surface area contributed by atoms with Crippen LogP contribution in [0.2, 0.25) is 0 Å². The molecule has 3 amide bonds. The summed E-state index contributed by atoms with van der Waals surface area (Å²) >= 11 is 3.46. The molecule has 0 saturated carbocycles. The van der Waals surface area contributed by atoms with Crippen molar-refractivity contribution in [3.63, 3.8) is 0 Å². The molecular formula is C17H16BrN3O2. The van der Waals surface area contributed by atoms with Crippen molar-refractivity contribution in [3.8, 4) is 0 Å². The van der Waals surface area contributed by atoms with Crippen molar-refractivity contribution >= 4 is 27.9 Å². The number of imide groups is 1. The predicted molar refractivity (Wildman–Crippen MR) is 89.7 cm³/mol. The number of carbonyl (C=O) groups excluding carboxylic acids is 2. The Bertz CT molecular complexity index is 751. The van der Waals surface area contributed by atoms with E-state index < -0.39 is 5.54 Å². The number of pyridine rings is 1. The third kappa shape index (κ3) is 2.86. The maximum Gasteiger partial charge on any atom is 0.325 e. The second kappa shape index (κ2) is 6.12. The second-order valence-corrected chi connectivity index (χ2v) is 6.45. The summed E-state index contributed by atoms with van der Waals surface area (Å²) in [5.41, 5.74) is 0.745. The summed E-state index contributed by atoms with van der Waals surface area (Å²) in [6.45, 7) is 2.08. The summed E-state index contributed by atoms with van der Waals surface area (Å²) in [4.78, 5) is 30.3. The van der Waals surface area contributed by atoms with Crippen LogP contribution in [0.15, 0.2) is 53.3 Å². The Morgan fingerprint density at radius 2 is 1.87 bits per heavy atom. The molecule has 1 aliphatic heterocycles. The molecule has 1 aliphatic rings. The number of hydrogen-bond donors (Lipinski definition) is 1. The fourth-order valence-corrected chi connectivity index (χ4v) is 3.42. The number of hydrogen-bond acceptors (Lipinski definition) is 3. The Labute approximate surface area is 142 Å². The second-order valence-electron chi connectivity index (χ2n) is 5.60. The molecular weight excluding hydrogens is 358 g/mol. The lowest BCUT2D eigenvalue weighted by atomic mass is 9.92. The molecule has 5 nitrogen and oxygen atoms in total. The van der Waals surface area contributed by atoms with E-state index >= 15 is 0 Å². The lowest BCUT2D eigenvalue weighted by Crippen LogP contribution is -2.41. The van der Waals surface area contributed by atoms with E-state index in [0.717, 1.165) is 15.6 Å². The summed E-state index contributed by atoms with van der Waals surface area (Å²) < 4.78 is 0.798. The highest BCUT2D eigenvalue weighted by Crippen LogP contribution is 2.33. The fourth-order valence-electron chi connectivity index (χ4n) is 2.74. The van der Waals surface area contributed by atoms with E-state index in [0.29, 0.717) is 13.0 Å². The molecule has 1 atom stereocenters. The van der Waals surface area contributed by atoms with E-state index in [9.17, 15) is 9.59 Å². The van der Waals surface area contributed by atoms with E-state index in [-0.39, 0.29) is 11.9 Å². The molecule has 0 radical (unpaired) electrons. The van der Waals surface area contributed by atoms with Crippen LogP contribution in [0.25, 0.3) is 0 Å². The van der Waals surface area contributed by atoms with Crippen LogP contribution in [0.4, 0.5) is 4.79 Å². The number of halogens is 1. The maximum atomic E-state index is 12.8. The first-order valence-corrected chi connectivity index (χ1v) is 8.09. The maximum absolute atomic E-state index is 12.8. The Kier molecular flexibility index (Phi) is 4.17. The molecule has 2 heterocycles. The van der Waals surface area contributed by atoms with Gasteiger partial charge in [0.2, 0.25) is 0 Å². The SMILES string of the molecule is CC1(c2ccccc2Br)NC(=O)N(CCc2ccncc2)C1=O. The van der Waals surface area contributed by atoms with Crippen LogP contribution >= 0.6 is 15.9 Å². The Morgan fingerprint density at radius 3 is 2.57 bits per heavy atom. The summed E-state index contributed by atoms with van der Waals surface area (Å²) in [5.74, 6) is -0.233. The van der Waals surface area contributed by atoms with Crippen LogP contribution in [0.5, 0.6) is 0 Å². The molecule has 0 spiro atoms. The number of rotatable bonds is 4. The molecule has 0 aliphatic carbocycles. The zero-order valence-corrected chi connectivity index (χ0v) is 14.2. The number of nitrogens with one attached hydrogen (secondary N) is 1. The molecule has 23 heavy (non-hydrogen) atoms. The van der Waals surface area contributed by atoms with Gasteiger partial charge in [0.25, 0.3) is 5.91 Å². The summed E-state index contributed by atoms with van der Waals surface area (Å²) in [6.07, 6.45) is 4.01. The number of nitrogens with zero attached hydrogens (tertiary/aromatic N) is 2. The van der Waals surface area contributed by atoms with Gasteiger partial charge in [-0.05, 0) is 37.1 Å². The molecule has 0 bridgehead atoms. The zero-order valence-electron chi connectivity index (χ0n) is 12.6. The zero-order chi connectivity index (χ0) is 16.4. The van der Waals surface area contributed by atoms with Gasteiger partial charge in [-0.1, -0.05) is 34.1 Å². The molecule has 3 rings (SSSR count). The van der Waals surface area contributed by atoms with E-state index in [1.165, 1.54) is 4.90 Å². The van der Waals surface area contributed by atoms with Crippen molar-refractivity contribution in [2.75, 3.05) is 6.54 Å². The van der Waals surface area contributed by atoms with Gasteiger partial charge in [-0.15, -0.1) is 0 Å². The molecule has 1 fully saturated rings. The molecule has 1 aromatic heterocycles. The van der Waals surface area contributed by atoms with Gasteiger partial charge in [0.1, 0.15) is 5.54 Å². The standard InChI is InChI=1S/C17H16BrN3O2/c1-17(13-4-2-3-5-14(13)18)15(22)21(16(23)20-17)11-8-12-6-9-19-10-7-12/h2-7,9-10H,8,11H2,1H3,(H,20,23). The van der Waals surface area contributed by atoms with Crippen LogP contribution in [-0.4, -0.2) is 28.4 Å². The monoisotopic (exact) mass is 373 g/mol. The number of benzene rings is 1. The lowest BCUT2D eigenvalue weighted by molar-refractivity contribution is -0.131. The molecule has 118 valence electrons. The van der Waals surface area contributed by atoms with E-state index in [1.54, 1.807) is 19.3 Å². The summed E-state index contributed by atoms with van der Waals surface area (Å²) in [6, 6.07) is 10.8. The van der Waals surface area contributed by atoms with Crippen LogP contribution in [0.3, 0.4) is 0 Å². The third-order valence-electron chi connectivity index (χ3n) is 4.06. The normalized spacial score (nSPS) is 20.7. The first-order chi connectivity index (χ1) is 11.0. The predicted octanol–water partition coefficient (Wildman–Crippen LogP) is 2.85. The quantitative estimate of drug-likeness (QED) is 0.838. The van der Waals surface area contributed by atoms with Crippen LogP contribution in [-0.2, 0) is 16.8 Å². The number of urea groups is 1. The smallest absolute Gasteiger partial charge is 0.319 e. The summed E-state index contributed by atoms with van der Waals surface area (Å²) in [5, 5.41) is 2.82. The third-order valence-corrected chi connectivity index (χ3v) is 4.75. The van der Waals surface area contributed by atoms with Crippen LogP contribution in [0.1, 0.15) is 18.1 Å². The average Bonchev–Trinajstić information content (AvgIpc) is 2.77. The van der Waals surface area contributed by atoms with Gasteiger partial charge >= 0.3 is 6.03 Å². The first kappa shape index (κ1) is 15.7. The Morgan fingerprint density at radius 1 is 1.17 bits per heavy atom. The highest BCUT2D eigenvalue weighted by Gasteiger charge is 2.49. The van der Waals surface area contributed by atoms with Crippen molar-refractivity contribution in [1.29, 1.82) is 0 Å². The molecule has 1 aromatic carbocycles. The number of aromatic nitrogens is 1. The van der Waals surface area contributed by atoms with E-state index in [2.05, 4.69) is 26.2 Å². The molecule has 6 heteroatoms. The molecule has 2 aromatic rings. The van der Waals surface area contributed by atoms with Crippen LogP contribution < -0.4 is 5.32 Å². The van der Waals surface area contributed by atoms with Crippen molar-refractivity contribution < 1.29 is 9.59 Å². The van der Waals surface area contributed by atoms with Gasteiger partial charge in [-0.25, -0.2) is 4.79 Å². The van der Waals surface area contributed by atoms with Gasteiger partial charge in [-0.2, -0.15) is 0 Å². The van der Waals surface area contributed by atoms with Crippen molar-refractivity contribution in [2.24, 2.45) is 0 Å². The van der Waals surface area contributed by atoms with E-state index in [4.69, 9.17) is 0 Å². The highest BCUT2D eigenvalue weighted by molar-refractivity contribution is 9.10. The summed E-state index contributed by atoms with van der Waals surface area (Å²) in [7, 11) is 0. The Balaban J connectivity index is 1.81. The Hall–Kier alpha value is -2.21. The van der Waals surface area contributed by atoms with Gasteiger partial charge in [0, 0.05) is 29.0 Å². The van der Waals surface area contributed by atoms with Crippen molar-refractivity contribution in [1.82, 2.24) is 15.2 Å². The van der Waals surface area contributed by atoms with Crippen LogP contribution in [0, 0.1) is 0 Å². The van der Waals surface area contributed by atoms with E-state index in [1.807, 2.05) is 36.4 Å². The largest absolute Gasteiger partial charge is 0.325 e. The topological polar surface area (TPSA) is 62.3 Å². The minimum atomic E-state index is -1.05. The number of carbonyl (C=O) groups is 2. The average molecular weight is 374 g/mol. The lowest BCUT2D eigenvalue weighted by Gasteiger charge is -2.23. The molecule has 1 N–H and O–H groups in total. The van der Waals surface area contributed by atoms with Crippen molar-refractivity contribution in [3.05, 3.63) is 64.4 Å². The minimum absolute atomic E-state index is 0.233. The van der Waals surface area contributed by atoms with Gasteiger partial charge < -0.3 is 5.32 Å². The molecule has 1 saturated heterocycles. The highest BCUT2D eigenvalue weighted by atomic mass is 79.9. The first-order valence-electron chi connectivity index (χ1n) is 7.30. The molecule has 1 unspecified atom stereocenters. The van der Waals surface area contributed by atoms with Gasteiger partial charge in [-0.3, -0.25) is 14.7 Å². The van der Waals surface area contributed by atoms with Gasteiger partial charge in [0.05, 0.1) is 0 Å². The number of amides is 3. The van der Waals surface area contributed by atoms with Crippen molar-refractivity contribution in [2.45, 2.75) is 18.9 Å².